The monoisotopic (exact) mass is 259 g/mol. The van der Waals surface area contributed by atoms with E-state index < -0.39 is 16.0 Å². The van der Waals surface area contributed by atoms with Crippen LogP contribution in [-0.2, 0) is 21.2 Å². The van der Waals surface area contributed by atoms with Gasteiger partial charge >= 0.3 is 5.97 Å². The fourth-order valence-electron chi connectivity index (χ4n) is 1.33. The minimum Gasteiger partial charge on any atom is -0.495 e. The number of sulfonamides is 1. The molecule has 0 saturated carbocycles. The van der Waals surface area contributed by atoms with Gasteiger partial charge in [0, 0.05) is 0 Å². The van der Waals surface area contributed by atoms with Crippen molar-refractivity contribution in [3.8, 4) is 5.75 Å². The molecule has 0 aromatic heterocycles. The van der Waals surface area contributed by atoms with Crippen LogP contribution in [0.5, 0.6) is 5.75 Å². The van der Waals surface area contributed by atoms with E-state index in [9.17, 15) is 13.2 Å². The molecule has 0 aliphatic heterocycles. The molecule has 1 aromatic carbocycles. The maximum absolute atomic E-state index is 11.7. The number of hydrogen-bond donors (Lipinski definition) is 2. The summed E-state index contributed by atoms with van der Waals surface area (Å²) in [4.78, 5) is 10.5. The van der Waals surface area contributed by atoms with E-state index in [1.165, 1.54) is 32.4 Å². The summed E-state index contributed by atoms with van der Waals surface area (Å²) in [7, 11) is -1.04. The van der Waals surface area contributed by atoms with Crippen LogP contribution in [0.3, 0.4) is 0 Å². The average molecular weight is 259 g/mol. The summed E-state index contributed by atoms with van der Waals surface area (Å²) in [5.41, 5.74) is 0.395. The summed E-state index contributed by atoms with van der Waals surface area (Å²) in [6, 6.07) is 4.24. The molecule has 94 valence electrons. The number of rotatable bonds is 5. The molecule has 0 aliphatic rings. The standard InChI is InChI=1S/C10H13NO5S/c1-11-17(14,15)9-5-7(6-10(12)13)3-4-8(9)16-2/h3-5,11H,6H2,1-2H3,(H,12,13). The first-order valence-electron chi connectivity index (χ1n) is 4.73. The number of carboxylic acids is 1. The Bertz CT molecular complexity index is 523. The molecule has 6 nitrogen and oxygen atoms in total. The van der Waals surface area contributed by atoms with E-state index in [2.05, 4.69) is 4.72 Å². The van der Waals surface area contributed by atoms with Crippen LogP contribution >= 0.6 is 0 Å². The van der Waals surface area contributed by atoms with Crippen molar-refractivity contribution in [2.75, 3.05) is 14.2 Å². The van der Waals surface area contributed by atoms with E-state index in [0.717, 1.165) is 0 Å². The van der Waals surface area contributed by atoms with E-state index in [0.29, 0.717) is 5.56 Å². The third-order valence-corrected chi connectivity index (χ3v) is 3.58. The predicted octanol–water partition coefficient (Wildman–Crippen LogP) is 0.230. The number of nitrogens with one attached hydrogen (secondary N) is 1. The van der Waals surface area contributed by atoms with Crippen LogP contribution in [-0.4, -0.2) is 33.7 Å². The van der Waals surface area contributed by atoms with E-state index in [1.807, 2.05) is 0 Å². The van der Waals surface area contributed by atoms with E-state index in [-0.39, 0.29) is 17.1 Å². The first-order valence-corrected chi connectivity index (χ1v) is 6.21. The molecule has 0 atom stereocenters. The molecule has 0 radical (unpaired) electrons. The summed E-state index contributed by atoms with van der Waals surface area (Å²) >= 11 is 0. The molecule has 2 N–H and O–H groups in total. The molecule has 0 saturated heterocycles. The molecular formula is C10H13NO5S. The summed E-state index contributed by atoms with van der Waals surface area (Å²) in [6.45, 7) is 0. The Kier molecular flexibility index (Phi) is 4.08. The van der Waals surface area contributed by atoms with Gasteiger partial charge in [0.25, 0.3) is 0 Å². The molecule has 0 heterocycles. The second-order valence-corrected chi connectivity index (χ2v) is 5.12. The second-order valence-electron chi connectivity index (χ2n) is 3.26. The van der Waals surface area contributed by atoms with Gasteiger partial charge in [-0.2, -0.15) is 0 Å². The number of aliphatic carboxylic acids is 1. The van der Waals surface area contributed by atoms with Gasteiger partial charge in [-0.1, -0.05) is 6.07 Å². The Labute approximate surface area is 99.3 Å². The highest BCUT2D eigenvalue weighted by Crippen LogP contribution is 2.24. The van der Waals surface area contributed by atoms with Crippen LogP contribution in [0.1, 0.15) is 5.56 Å². The van der Waals surface area contributed by atoms with E-state index >= 15 is 0 Å². The van der Waals surface area contributed by atoms with Gasteiger partial charge in [-0.3, -0.25) is 4.79 Å². The highest BCUT2D eigenvalue weighted by molar-refractivity contribution is 7.89. The van der Waals surface area contributed by atoms with E-state index in [1.54, 1.807) is 0 Å². The third kappa shape index (κ3) is 3.18. The van der Waals surface area contributed by atoms with Crippen molar-refractivity contribution in [3.63, 3.8) is 0 Å². The highest BCUT2D eigenvalue weighted by Gasteiger charge is 2.18. The lowest BCUT2D eigenvalue weighted by Gasteiger charge is -2.10. The summed E-state index contributed by atoms with van der Waals surface area (Å²) in [5, 5.41) is 8.65. The third-order valence-electron chi connectivity index (χ3n) is 2.14. The smallest absolute Gasteiger partial charge is 0.307 e. The molecule has 0 spiro atoms. The zero-order chi connectivity index (χ0) is 13.1. The molecule has 7 heteroatoms. The lowest BCUT2D eigenvalue weighted by atomic mass is 10.1. The highest BCUT2D eigenvalue weighted by atomic mass is 32.2. The molecule has 1 rings (SSSR count). The van der Waals surface area contributed by atoms with Gasteiger partial charge in [0.1, 0.15) is 10.6 Å². The Hall–Kier alpha value is -1.60. The first kappa shape index (κ1) is 13.5. The normalized spacial score (nSPS) is 11.2. The molecule has 0 aliphatic carbocycles. The zero-order valence-corrected chi connectivity index (χ0v) is 10.2. The minimum absolute atomic E-state index is 0.0683. The fraction of sp³-hybridized carbons (Fsp3) is 0.300. The molecule has 17 heavy (non-hydrogen) atoms. The van der Waals surface area contributed by atoms with Gasteiger partial charge in [-0.05, 0) is 24.7 Å². The maximum atomic E-state index is 11.7. The van der Waals surface area contributed by atoms with Crippen molar-refractivity contribution >= 4 is 16.0 Å². The van der Waals surface area contributed by atoms with Crippen LogP contribution < -0.4 is 9.46 Å². The summed E-state index contributed by atoms with van der Waals surface area (Å²) in [5.74, 6) is -0.850. The fourth-order valence-corrected chi connectivity index (χ4v) is 2.27. The molecule has 0 bridgehead atoms. The van der Waals surface area contributed by atoms with Gasteiger partial charge < -0.3 is 9.84 Å². The van der Waals surface area contributed by atoms with Crippen LogP contribution in [0.15, 0.2) is 23.1 Å². The topological polar surface area (TPSA) is 92.7 Å². The average Bonchev–Trinajstić information content (AvgIpc) is 2.28. The van der Waals surface area contributed by atoms with Gasteiger partial charge in [-0.15, -0.1) is 0 Å². The van der Waals surface area contributed by atoms with Crippen LogP contribution in [0.4, 0.5) is 0 Å². The molecule has 0 fully saturated rings. The lowest BCUT2D eigenvalue weighted by Crippen LogP contribution is -2.19. The SMILES string of the molecule is CNS(=O)(=O)c1cc(CC(=O)O)ccc1OC. The first-order chi connectivity index (χ1) is 7.90. The predicted molar refractivity (Wildman–Crippen MR) is 60.6 cm³/mol. The Morgan fingerprint density at radius 1 is 1.47 bits per heavy atom. The Morgan fingerprint density at radius 3 is 2.59 bits per heavy atom. The molecular weight excluding hydrogens is 246 g/mol. The summed E-state index contributed by atoms with van der Waals surface area (Å²) in [6.07, 6.45) is -0.240. The molecule has 0 amide bonds. The van der Waals surface area contributed by atoms with Crippen molar-refractivity contribution in [2.45, 2.75) is 11.3 Å². The Morgan fingerprint density at radius 2 is 2.12 bits per heavy atom. The van der Waals surface area contributed by atoms with Crippen LogP contribution in [0.25, 0.3) is 0 Å². The van der Waals surface area contributed by atoms with Crippen LogP contribution in [0, 0.1) is 0 Å². The van der Waals surface area contributed by atoms with Crippen LogP contribution in [0.2, 0.25) is 0 Å². The number of benzene rings is 1. The van der Waals surface area contributed by atoms with Crippen molar-refractivity contribution < 1.29 is 23.1 Å². The van der Waals surface area contributed by atoms with Gasteiger partial charge in [0.2, 0.25) is 10.0 Å². The number of carbonyl (C=O) groups is 1. The van der Waals surface area contributed by atoms with Crippen molar-refractivity contribution in [1.82, 2.24) is 4.72 Å². The van der Waals surface area contributed by atoms with Crippen molar-refractivity contribution in [1.29, 1.82) is 0 Å². The van der Waals surface area contributed by atoms with Gasteiger partial charge in [0.15, 0.2) is 0 Å². The quantitative estimate of drug-likeness (QED) is 0.789. The molecule has 0 unspecified atom stereocenters. The van der Waals surface area contributed by atoms with Crippen molar-refractivity contribution in [2.24, 2.45) is 0 Å². The van der Waals surface area contributed by atoms with Gasteiger partial charge in [-0.25, -0.2) is 13.1 Å². The number of methoxy groups -OCH3 is 1. The van der Waals surface area contributed by atoms with E-state index in [4.69, 9.17) is 9.84 Å². The maximum Gasteiger partial charge on any atom is 0.307 e. The summed E-state index contributed by atoms with van der Waals surface area (Å²) < 4.78 is 30.4. The minimum atomic E-state index is -3.67. The Balaban J connectivity index is 3.30. The van der Waals surface area contributed by atoms with Gasteiger partial charge in [0.05, 0.1) is 13.5 Å². The lowest BCUT2D eigenvalue weighted by molar-refractivity contribution is -0.136. The van der Waals surface area contributed by atoms with Crippen molar-refractivity contribution in [3.05, 3.63) is 23.8 Å². The number of ether oxygens (including phenoxy) is 1. The number of carboxylic acid groups (broad SMARTS) is 1. The molecule has 1 aromatic rings. The second kappa shape index (κ2) is 5.15. The number of hydrogen-bond acceptors (Lipinski definition) is 4. The largest absolute Gasteiger partial charge is 0.495 e. The zero-order valence-electron chi connectivity index (χ0n) is 9.43.